The van der Waals surface area contributed by atoms with Crippen molar-refractivity contribution in [2.24, 2.45) is 5.92 Å². The van der Waals surface area contributed by atoms with E-state index in [-0.39, 0.29) is 0 Å². The molecule has 2 atom stereocenters. The number of hydrogen-bond donors (Lipinski definition) is 1. The first-order chi connectivity index (χ1) is 7.95. The van der Waals surface area contributed by atoms with Crippen LogP contribution in [-0.2, 0) is 0 Å². The fraction of sp³-hybridized carbons (Fsp3) is 0.467. The Kier molecular flexibility index (Phi) is 2.79. The van der Waals surface area contributed by atoms with Crippen LogP contribution >= 0.6 is 0 Å². The zero-order chi connectivity index (χ0) is 10.8. The summed E-state index contributed by atoms with van der Waals surface area (Å²) in [5.41, 5.74) is 3.17. The molecular formula is C15H19N. The van der Waals surface area contributed by atoms with Crippen LogP contribution in [0.25, 0.3) is 0 Å². The maximum atomic E-state index is 3.56. The minimum atomic E-state index is 0.696. The highest BCUT2D eigenvalue weighted by Crippen LogP contribution is 2.38. The molecule has 1 saturated heterocycles. The maximum Gasteiger partial charge on any atom is 0.0167 e. The van der Waals surface area contributed by atoms with Gasteiger partial charge in [-0.2, -0.15) is 0 Å². The molecule has 1 N–H and O–H groups in total. The zero-order valence-corrected chi connectivity index (χ0v) is 9.65. The Morgan fingerprint density at radius 3 is 2.81 bits per heavy atom. The van der Waals surface area contributed by atoms with E-state index in [4.69, 9.17) is 0 Å². The minimum absolute atomic E-state index is 0.696. The van der Waals surface area contributed by atoms with Gasteiger partial charge in [0.05, 0.1) is 0 Å². The Bertz CT molecular complexity index is 380. The fourth-order valence-electron chi connectivity index (χ4n) is 3.19. The maximum absolute atomic E-state index is 3.56. The smallest absolute Gasteiger partial charge is 0.0167 e. The van der Waals surface area contributed by atoms with Crippen molar-refractivity contribution in [1.82, 2.24) is 5.32 Å². The summed E-state index contributed by atoms with van der Waals surface area (Å²) in [6.45, 7) is 2.26. The highest BCUT2D eigenvalue weighted by atomic mass is 14.9. The molecular weight excluding hydrogens is 194 g/mol. The molecule has 3 rings (SSSR count). The van der Waals surface area contributed by atoms with Gasteiger partial charge in [0.15, 0.2) is 0 Å². The molecule has 1 heteroatoms. The Morgan fingerprint density at radius 2 is 1.94 bits per heavy atom. The number of benzene rings is 1. The number of nitrogens with one attached hydrogen (secondary N) is 1. The van der Waals surface area contributed by atoms with Crippen molar-refractivity contribution in [2.75, 3.05) is 13.1 Å². The molecule has 84 valence electrons. The van der Waals surface area contributed by atoms with E-state index < -0.39 is 0 Å². The molecule has 1 aromatic carbocycles. The van der Waals surface area contributed by atoms with Gasteiger partial charge in [0.1, 0.15) is 0 Å². The SMILES string of the molecule is C1=C2CNC[C@H](c3ccccc3)[C@H]2CCC1. The number of rotatable bonds is 1. The lowest BCUT2D eigenvalue weighted by Crippen LogP contribution is -2.38. The van der Waals surface area contributed by atoms with Gasteiger partial charge in [-0.1, -0.05) is 42.0 Å². The van der Waals surface area contributed by atoms with E-state index in [1.54, 1.807) is 5.57 Å². The van der Waals surface area contributed by atoms with Gasteiger partial charge < -0.3 is 5.32 Å². The lowest BCUT2D eigenvalue weighted by molar-refractivity contribution is 0.362. The molecule has 0 bridgehead atoms. The number of hydrogen-bond acceptors (Lipinski definition) is 1. The standard InChI is InChI=1S/C15H19N/c1-2-6-12(7-3-1)15-11-16-10-13-8-4-5-9-14(13)15/h1-3,6-8,14-16H,4-5,9-11H2/t14-,15+/m0/s1. The molecule has 0 spiro atoms. The van der Waals surface area contributed by atoms with Crippen LogP contribution in [0.15, 0.2) is 42.0 Å². The topological polar surface area (TPSA) is 12.0 Å². The predicted molar refractivity (Wildman–Crippen MR) is 67.5 cm³/mol. The van der Waals surface area contributed by atoms with E-state index in [0.29, 0.717) is 5.92 Å². The predicted octanol–water partition coefficient (Wildman–Crippen LogP) is 3.10. The molecule has 0 saturated carbocycles. The Balaban J connectivity index is 1.90. The van der Waals surface area contributed by atoms with Crippen LogP contribution in [0, 0.1) is 5.92 Å². The Morgan fingerprint density at radius 1 is 1.06 bits per heavy atom. The van der Waals surface area contributed by atoms with Crippen LogP contribution in [-0.4, -0.2) is 13.1 Å². The summed E-state index contributed by atoms with van der Waals surface area (Å²) < 4.78 is 0. The molecule has 1 fully saturated rings. The summed E-state index contributed by atoms with van der Waals surface area (Å²) in [7, 11) is 0. The van der Waals surface area contributed by atoms with Crippen LogP contribution in [0.1, 0.15) is 30.7 Å². The van der Waals surface area contributed by atoms with E-state index in [1.165, 1.54) is 24.8 Å². The van der Waals surface area contributed by atoms with E-state index in [1.807, 2.05) is 0 Å². The van der Waals surface area contributed by atoms with Crippen molar-refractivity contribution < 1.29 is 0 Å². The average molecular weight is 213 g/mol. The second-order valence-corrected chi connectivity index (χ2v) is 4.96. The lowest BCUT2D eigenvalue weighted by Gasteiger charge is -2.37. The van der Waals surface area contributed by atoms with Crippen LogP contribution < -0.4 is 5.32 Å². The van der Waals surface area contributed by atoms with Gasteiger partial charge in [-0.05, 0) is 30.7 Å². The molecule has 1 nitrogen and oxygen atoms in total. The number of fused-ring (bicyclic) bond motifs is 1. The van der Waals surface area contributed by atoms with Gasteiger partial charge in [-0.25, -0.2) is 0 Å². The van der Waals surface area contributed by atoms with Gasteiger partial charge in [0, 0.05) is 19.0 Å². The minimum Gasteiger partial charge on any atom is -0.312 e. The zero-order valence-electron chi connectivity index (χ0n) is 9.65. The first kappa shape index (κ1) is 10.1. The van der Waals surface area contributed by atoms with Crippen molar-refractivity contribution in [3.63, 3.8) is 0 Å². The molecule has 16 heavy (non-hydrogen) atoms. The van der Waals surface area contributed by atoms with E-state index in [2.05, 4.69) is 41.7 Å². The monoisotopic (exact) mass is 213 g/mol. The Hall–Kier alpha value is -1.08. The van der Waals surface area contributed by atoms with Crippen LogP contribution in [0.3, 0.4) is 0 Å². The summed E-state index contributed by atoms with van der Waals surface area (Å²) in [5.74, 6) is 1.50. The van der Waals surface area contributed by atoms with Crippen molar-refractivity contribution in [2.45, 2.75) is 25.2 Å². The Labute approximate surface area is 97.6 Å². The van der Waals surface area contributed by atoms with Crippen molar-refractivity contribution >= 4 is 0 Å². The van der Waals surface area contributed by atoms with Crippen LogP contribution in [0.4, 0.5) is 0 Å². The first-order valence-electron chi connectivity index (χ1n) is 6.40. The van der Waals surface area contributed by atoms with Gasteiger partial charge >= 0.3 is 0 Å². The van der Waals surface area contributed by atoms with Crippen LogP contribution in [0.2, 0.25) is 0 Å². The number of allylic oxidation sites excluding steroid dienone is 1. The molecule has 1 heterocycles. The molecule has 0 amide bonds. The summed E-state index contributed by atoms with van der Waals surface area (Å²) in [6, 6.07) is 11.0. The summed E-state index contributed by atoms with van der Waals surface area (Å²) in [4.78, 5) is 0. The summed E-state index contributed by atoms with van der Waals surface area (Å²) in [5, 5.41) is 3.56. The molecule has 1 aromatic rings. The third kappa shape index (κ3) is 1.80. The summed E-state index contributed by atoms with van der Waals surface area (Å²) in [6.07, 6.45) is 6.51. The van der Waals surface area contributed by atoms with Gasteiger partial charge in [-0.15, -0.1) is 0 Å². The number of piperidine rings is 1. The molecule has 1 aliphatic carbocycles. The third-order valence-corrected chi connectivity index (χ3v) is 4.01. The van der Waals surface area contributed by atoms with E-state index in [9.17, 15) is 0 Å². The quantitative estimate of drug-likeness (QED) is 0.707. The molecule has 0 aromatic heterocycles. The second-order valence-electron chi connectivity index (χ2n) is 4.96. The second kappa shape index (κ2) is 4.42. The first-order valence-corrected chi connectivity index (χ1v) is 6.40. The van der Waals surface area contributed by atoms with E-state index in [0.717, 1.165) is 19.0 Å². The highest BCUT2D eigenvalue weighted by Gasteiger charge is 2.30. The highest BCUT2D eigenvalue weighted by molar-refractivity contribution is 5.28. The molecule has 2 aliphatic rings. The van der Waals surface area contributed by atoms with Crippen molar-refractivity contribution in [1.29, 1.82) is 0 Å². The molecule has 1 aliphatic heterocycles. The largest absolute Gasteiger partial charge is 0.312 e. The molecule has 0 radical (unpaired) electrons. The average Bonchev–Trinajstić information content (AvgIpc) is 2.39. The van der Waals surface area contributed by atoms with Gasteiger partial charge in [0.25, 0.3) is 0 Å². The third-order valence-electron chi connectivity index (χ3n) is 4.01. The normalized spacial score (nSPS) is 29.4. The van der Waals surface area contributed by atoms with Gasteiger partial charge in [-0.3, -0.25) is 0 Å². The lowest BCUT2D eigenvalue weighted by atomic mass is 9.73. The van der Waals surface area contributed by atoms with E-state index >= 15 is 0 Å². The summed E-state index contributed by atoms with van der Waals surface area (Å²) >= 11 is 0. The van der Waals surface area contributed by atoms with Gasteiger partial charge in [0.2, 0.25) is 0 Å². The van der Waals surface area contributed by atoms with Crippen molar-refractivity contribution in [3.05, 3.63) is 47.5 Å². The molecule has 0 unspecified atom stereocenters. The van der Waals surface area contributed by atoms with Crippen LogP contribution in [0.5, 0.6) is 0 Å². The van der Waals surface area contributed by atoms with Crippen molar-refractivity contribution in [3.8, 4) is 0 Å². The fourth-order valence-corrected chi connectivity index (χ4v) is 3.19.